The van der Waals surface area contributed by atoms with Gasteiger partial charge in [0.15, 0.2) is 0 Å². The zero-order valence-electron chi connectivity index (χ0n) is 17.9. The molecule has 27 heavy (non-hydrogen) atoms. The number of carbonyl (C=O) groups is 3. The lowest BCUT2D eigenvalue weighted by Gasteiger charge is -2.27. The Kier molecular flexibility index (Phi) is 9.27. The molecule has 0 aromatic heterocycles. The molecule has 156 valence electrons. The van der Waals surface area contributed by atoms with Crippen LogP contribution < -0.4 is 0 Å². The molecule has 1 rings (SSSR count). The number of cyclic esters (lactones) is 1. The summed E-state index contributed by atoms with van der Waals surface area (Å²) in [7, 11) is 0. The molecule has 1 aliphatic rings. The molecule has 2 atom stereocenters. The van der Waals surface area contributed by atoms with E-state index in [1.165, 1.54) is 11.3 Å². The molecule has 0 bridgehead atoms. The van der Waals surface area contributed by atoms with Crippen LogP contribution in [0.2, 0.25) is 0 Å². The van der Waals surface area contributed by atoms with Gasteiger partial charge in [-0.15, -0.1) is 0 Å². The topological polar surface area (TPSA) is 72.9 Å². The molecule has 6 nitrogen and oxygen atoms in total. The number of hydrogen-bond acceptors (Lipinski definition) is 5. The van der Waals surface area contributed by atoms with Gasteiger partial charge in [0.05, 0.1) is 12.5 Å². The number of esters is 1. The highest BCUT2D eigenvalue weighted by molar-refractivity contribution is 5.96. The van der Waals surface area contributed by atoms with Crippen LogP contribution in [0.4, 0.5) is 4.79 Å². The fourth-order valence-electron chi connectivity index (χ4n) is 3.27. The van der Waals surface area contributed by atoms with Crippen LogP contribution in [-0.4, -0.2) is 41.1 Å². The summed E-state index contributed by atoms with van der Waals surface area (Å²) in [5.74, 6) is -1.15. The molecule has 0 saturated carbocycles. The molecular formula is C21H37NO5. The molecule has 0 N–H and O–H groups in total. The van der Waals surface area contributed by atoms with Crippen molar-refractivity contribution < 1.29 is 23.9 Å². The second kappa shape index (κ2) is 10.7. The fraction of sp³-hybridized carbons (Fsp3) is 0.857. The minimum atomic E-state index is -0.598. The van der Waals surface area contributed by atoms with Crippen LogP contribution in [0.25, 0.3) is 0 Å². The maximum Gasteiger partial charge on any atom is 0.416 e. The number of rotatable bonds is 10. The zero-order valence-corrected chi connectivity index (χ0v) is 17.9. The van der Waals surface area contributed by atoms with E-state index in [1.54, 1.807) is 20.8 Å². The van der Waals surface area contributed by atoms with Crippen molar-refractivity contribution in [3.05, 3.63) is 0 Å². The van der Waals surface area contributed by atoms with E-state index in [1.807, 2.05) is 13.8 Å². The van der Waals surface area contributed by atoms with Crippen LogP contribution in [0, 0.1) is 11.8 Å². The summed E-state index contributed by atoms with van der Waals surface area (Å²) in [5, 5.41) is 0. The molecule has 6 heteroatoms. The number of imide groups is 1. The lowest BCUT2D eigenvalue weighted by Crippen LogP contribution is -2.45. The summed E-state index contributed by atoms with van der Waals surface area (Å²) in [4.78, 5) is 38.8. The maximum absolute atomic E-state index is 13.1. The van der Waals surface area contributed by atoms with Crippen LogP contribution in [0.15, 0.2) is 0 Å². The Balaban J connectivity index is 2.82. The molecule has 0 spiro atoms. The van der Waals surface area contributed by atoms with E-state index in [2.05, 4.69) is 6.92 Å². The molecule has 0 unspecified atom stereocenters. The quantitative estimate of drug-likeness (QED) is 0.404. The van der Waals surface area contributed by atoms with Crippen molar-refractivity contribution in [2.24, 2.45) is 11.8 Å². The van der Waals surface area contributed by atoms with Gasteiger partial charge in [-0.05, 0) is 33.1 Å². The summed E-state index contributed by atoms with van der Waals surface area (Å²) in [6, 6.07) is -0.272. The summed E-state index contributed by atoms with van der Waals surface area (Å²) < 4.78 is 10.5. The van der Waals surface area contributed by atoms with Gasteiger partial charge in [-0.2, -0.15) is 0 Å². The average molecular weight is 384 g/mol. The van der Waals surface area contributed by atoms with E-state index < -0.39 is 23.6 Å². The molecular weight excluding hydrogens is 346 g/mol. The van der Waals surface area contributed by atoms with E-state index in [0.29, 0.717) is 6.42 Å². The van der Waals surface area contributed by atoms with Crippen molar-refractivity contribution in [2.45, 2.75) is 98.1 Å². The predicted molar refractivity (Wildman–Crippen MR) is 104 cm³/mol. The van der Waals surface area contributed by atoms with Crippen molar-refractivity contribution in [3.63, 3.8) is 0 Å². The maximum atomic E-state index is 13.1. The molecule has 0 radical (unpaired) electrons. The first-order valence-corrected chi connectivity index (χ1v) is 10.3. The number of hydrogen-bond donors (Lipinski definition) is 0. The first kappa shape index (κ1) is 23.4. The standard InChI is InChI=1S/C21H37NO5/c1-7-8-9-10-11-12-16(13-18(23)27-21(4,5)6)19(24)22-17(15(2)3)14-26-20(22)25/h15-17H,7-14H2,1-6H3/t16-,17-/m1/s1. The lowest BCUT2D eigenvalue weighted by molar-refractivity contribution is -0.158. The summed E-state index contributed by atoms with van der Waals surface area (Å²) in [6.45, 7) is 11.7. The van der Waals surface area contributed by atoms with Gasteiger partial charge in [-0.1, -0.05) is 52.9 Å². The molecule has 1 fully saturated rings. The van der Waals surface area contributed by atoms with Gasteiger partial charge in [0.25, 0.3) is 0 Å². The molecule has 1 heterocycles. The van der Waals surface area contributed by atoms with Crippen LogP contribution in [0.1, 0.15) is 86.5 Å². The Bertz CT molecular complexity index is 509. The summed E-state index contributed by atoms with van der Waals surface area (Å²) in [6.07, 6.45) is 5.28. The zero-order chi connectivity index (χ0) is 20.6. The van der Waals surface area contributed by atoms with Crippen LogP contribution in [-0.2, 0) is 19.1 Å². The van der Waals surface area contributed by atoms with Crippen molar-refractivity contribution in [2.75, 3.05) is 6.61 Å². The van der Waals surface area contributed by atoms with Crippen molar-refractivity contribution in [3.8, 4) is 0 Å². The second-order valence-corrected chi connectivity index (χ2v) is 8.79. The van der Waals surface area contributed by atoms with Gasteiger partial charge in [0.1, 0.15) is 12.2 Å². The second-order valence-electron chi connectivity index (χ2n) is 8.79. The Morgan fingerprint density at radius 2 is 1.81 bits per heavy atom. The smallest absolute Gasteiger partial charge is 0.416 e. The van der Waals surface area contributed by atoms with E-state index in [4.69, 9.17) is 9.47 Å². The molecule has 0 aromatic carbocycles. The van der Waals surface area contributed by atoms with Gasteiger partial charge in [0.2, 0.25) is 5.91 Å². The highest BCUT2D eigenvalue weighted by Gasteiger charge is 2.42. The van der Waals surface area contributed by atoms with Gasteiger partial charge in [-0.25, -0.2) is 9.69 Å². The lowest BCUT2D eigenvalue weighted by atomic mass is 9.94. The highest BCUT2D eigenvalue weighted by Crippen LogP contribution is 2.26. The third kappa shape index (κ3) is 7.89. The Labute approximate surface area is 164 Å². The number of amides is 2. The van der Waals surface area contributed by atoms with Crippen LogP contribution in [0.3, 0.4) is 0 Å². The van der Waals surface area contributed by atoms with Gasteiger partial charge < -0.3 is 9.47 Å². The molecule has 0 aromatic rings. The molecule has 1 aliphatic heterocycles. The first-order valence-electron chi connectivity index (χ1n) is 10.3. The van der Waals surface area contributed by atoms with Gasteiger partial charge in [0, 0.05) is 5.92 Å². The minimum Gasteiger partial charge on any atom is -0.460 e. The average Bonchev–Trinajstić information content (AvgIpc) is 2.93. The summed E-state index contributed by atoms with van der Waals surface area (Å²) in [5.41, 5.74) is -0.598. The number of ether oxygens (including phenoxy) is 2. The Hall–Kier alpha value is -1.59. The molecule has 2 amide bonds. The van der Waals surface area contributed by atoms with Crippen LogP contribution in [0.5, 0.6) is 0 Å². The highest BCUT2D eigenvalue weighted by atomic mass is 16.6. The Morgan fingerprint density at radius 1 is 1.19 bits per heavy atom. The normalized spacial score (nSPS) is 18.6. The van der Waals surface area contributed by atoms with Crippen LogP contribution >= 0.6 is 0 Å². The predicted octanol–water partition coefficient (Wildman–Crippen LogP) is 4.70. The summed E-state index contributed by atoms with van der Waals surface area (Å²) >= 11 is 0. The molecule has 1 saturated heterocycles. The van der Waals surface area contributed by atoms with Gasteiger partial charge >= 0.3 is 12.1 Å². The number of nitrogens with zero attached hydrogens (tertiary/aromatic N) is 1. The number of carbonyl (C=O) groups excluding carboxylic acids is 3. The minimum absolute atomic E-state index is 0.00151. The van der Waals surface area contributed by atoms with Crippen molar-refractivity contribution in [1.82, 2.24) is 4.90 Å². The van der Waals surface area contributed by atoms with E-state index >= 15 is 0 Å². The van der Waals surface area contributed by atoms with Gasteiger partial charge in [-0.3, -0.25) is 9.59 Å². The van der Waals surface area contributed by atoms with E-state index in [0.717, 1.165) is 25.7 Å². The van der Waals surface area contributed by atoms with Crippen molar-refractivity contribution in [1.29, 1.82) is 0 Å². The SMILES string of the molecule is CCCCCCC[C@H](CC(=O)OC(C)(C)C)C(=O)N1C(=O)OC[C@@H]1C(C)C. The van der Waals surface area contributed by atoms with Crippen molar-refractivity contribution >= 4 is 18.0 Å². The monoisotopic (exact) mass is 383 g/mol. The van der Waals surface area contributed by atoms with E-state index in [-0.39, 0.29) is 30.9 Å². The Morgan fingerprint density at radius 3 is 2.37 bits per heavy atom. The number of unbranched alkanes of at least 4 members (excludes halogenated alkanes) is 4. The first-order chi connectivity index (χ1) is 12.6. The van der Waals surface area contributed by atoms with E-state index in [9.17, 15) is 14.4 Å². The fourth-order valence-corrected chi connectivity index (χ4v) is 3.27. The third-order valence-corrected chi connectivity index (χ3v) is 4.75. The molecule has 0 aliphatic carbocycles. The largest absolute Gasteiger partial charge is 0.460 e. The third-order valence-electron chi connectivity index (χ3n) is 4.75.